The highest BCUT2D eigenvalue weighted by molar-refractivity contribution is 6.36. The number of nitrogens with one attached hydrogen (secondary N) is 3. The first kappa shape index (κ1) is 26.4. The molecule has 5 aromatic rings. The van der Waals surface area contributed by atoms with E-state index in [4.69, 9.17) is 23.2 Å². The number of amides is 1. The molecule has 0 spiro atoms. The van der Waals surface area contributed by atoms with Gasteiger partial charge in [0, 0.05) is 44.5 Å². The fourth-order valence-corrected chi connectivity index (χ4v) is 5.55. The number of nitrogens with zero attached hydrogens (tertiary/aromatic N) is 4. The van der Waals surface area contributed by atoms with E-state index in [0.29, 0.717) is 34.0 Å². The molecule has 0 atom stereocenters. The van der Waals surface area contributed by atoms with Gasteiger partial charge in [0.25, 0.3) is 5.91 Å². The summed E-state index contributed by atoms with van der Waals surface area (Å²) in [7, 11) is 2.15. The van der Waals surface area contributed by atoms with Crippen molar-refractivity contribution in [3.8, 4) is 11.3 Å². The monoisotopic (exact) mass is 573 g/mol. The van der Waals surface area contributed by atoms with Gasteiger partial charge in [-0.2, -0.15) is 5.10 Å². The van der Waals surface area contributed by atoms with Crippen molar-refractivity contribution in [3.63, 3.8) is 0 Å². The van der Waals surface area contributed by atoms with Gasteiger partial charge in [0.05, 0.1) is 29.6 Å². The molecular formula is C30H29Cl2N7O. The largest absolute Gasteiger partial charge is 0.382 e. The van der Waals surface area contributed by atoms with E-state index in [1.54, 1.807) is 6.33 Å². The summed E-state index contributed by atoms with van der Waals surface area (Å²) in [5, 5.41) is 15.0. The minimum atomic E-state index is -0.214. The predicted molar refractivity (Wildman–Crippen MR) is 161 cm³/mol. The minimum Gasteiger partial charge on any atom is -0.382 e. The van der Waals surface area contributed by atoms with E-state index in [-0.39, 0.29) is 5.91 Å². The normalized spacial score (nSPS) is 14.5. The maximum absolute atomic E-state index is 12.9. The Bertz CT molecular complexity index is 1630. The molecule has 1 aliphatic heterocycles. The molecule has 0 aliphatic carbocycles. The zero-order valence-electron chi connectivity index (χ0n) is 22.0. The van der Waals surface area contributed by atoms with E-state index in [2.05, 4.69) is 37.8 Å². The zero-order chi connectivity index (χ0) is 27.6. The number of halogens is 2. The fourth-order valence-electron chi connectivity index (χ4n) is 5.03. The summed E-state index contributed by atoms with van der Waals surface area (Å²) in [6.07, 6.45) is 4.01. The smallest absolute Gasteiger partial charge is 0.256 e. The molecule has 1 aliphatic rings. The maximum Gasteiger partial charge on any atom is 0.256 e. The first-order valence-electron chi connectivity index (χ1n) is 13.2. The molecule has 2 aromatic heterocycles. The molecule has 3 N–H and O–H groups in total. The van der Waals surface area contributed by atoms with Crippen LogP contribution >= 0.6 is 23.2 Å². The third kappa shape index (κ3) is 5.70. The molecule has 1 fully saturated rings. The van der Waals surface area contributed by atoms with Crippen LogP contribution in [-0.4, -0.2) is 56.7 Å². The number of anilines is 2. The van der Waals surface area contributed by atoms with Crippen LogP contribution in [0.25, 0.3) is 22.3 Å². The van der Waals surface area contributed by atoms with Gasteiger partial charge in [-0.3, -0.25) is 9.89 Å². The van der Waals surface area contributed by atoms with Gasteiger partial charge < -0.3 is 20.1 Å². The molecule has 0 radical (unpaired) electrons. The third-order valence-corrected chi connectivity index (χ3v) is 8.09. The van der Waals surface area contributed by atoms with E-state index < -0.39 is 0 Å². The van der Waals surface area contributed by atoms with Crippen molar-refractivity contribution < 1.29 is 4.79 Å². The number of rotatable bonds is 7. The van der Waals surface area contributed by atoms with Crippen LogP contribution in [0.3, 0.4) is 0 Å². The number of aromatic nitrogens is 4. The number of hydrogen-bond donors (Lipinski definition) is 3. The van der Waals surface area contributed by atoms with Gasteiger partial charge in [-0.05, 0) is 81.5 Å². The summed E-state index contributed by atoms with van der Waals surface area (Å²) in [5.41, 5.74) is 5.92. The van der Waals surface area contributed by atoms with Crippen LogP contribution in [0.1, 0.15) is 28.8 Å². The lowest BCUT2D eigenvalue weighted by atomic mass is 10.0. The van der Waals surface area contributed by atoms with E-state index in [1.807, 2.05) is 71.3 Å². The topological polar surface area (TPSA) is 90.9 Å². The van der Waals surface area contributed by atoms with Crippen molar-refractivity contribution in [1.82, 2.24) is 24.6 Å². The van der Waals surface area contributed by atoms with Crippen molar-refractivity contribution in [2.24, 2.45) is 0 Å². The molecule has 3 aromatic carbocycles. The number of imidazole rings is 1. The number of H-pyrrole nitrogens is 1. The number of carbonyl (C=O) groups excluding carboxylic acids is 1. The van der Waals surface area contributed by atoms with Crippen LogP contribution in [0.15, 0.2) is 73.1 Å². The van der Waals surface area contributed by atoms with Gasteiger partial charge in [-0.1, -0.05) is 35.3 Å². The SMILES string of the molecule is CN1CCC(Nc2ccc(C(=O)Nc3cc(-c4ccc5ncn(Cc6c(Cl)cccc6Cl)c5c4)[nH]n3)cc2)CC1. The van der Waals surface area contributed by atoms with Gasteiger partial charge in [0.15, 0.2) is 5.82 Å². The van der Waals surface area contributed by atoms with Crippen LogP contribution in [0.4, 0.5) is 11.5 Å². The number of likely N-dealkylation sites (tertiary alicyclic amines) is 1. The highest BCUT2D eigenvalue weighted by Gasteiger charge is 2.17. The quantitative estimate of drug-likeness (QED) is 0.205. The second kappa shape index (κ2) is 11.3. The highest BCUT2D eigenvalue weighted by atomic mass is 35.5. The predicted octanol–water partition coefficient (Wildman–Crippen LogP) is 6.54. The molecular weight excluding hydrogens is 545 g/mol. The molecule has 40 heavy (non-hydrogen) atoms. The summed E-state index contributed by atoms with van der Waals surface area (Å²) in [4.78, 5) is 19.7. The first-order valence-corrected chi connectivity index (χ1v) is 14.0. The Morgan fingerprint density at radius 1 is 1.02 bits per heavy atom. The molecule has 3 heterocycles. The zero-order valence-corrected chi connectivity index (χ0v) is 23.5. The third-order valence-electron chi connectivity index (χ3n) is 7.38. The second-order valence-electron chi connectivity index (χ2n) is 10.2. The lowest BCUT2D eigenvalue weighted by Gasteiger charge is -2.30. The van der Waals surface area contributed by atoms with Crippen molar-refractivity contribution in [2.75, 3.05) is 30.8 Å². The number of hydrogen-bond acceptors (Lipinski definition) is 5. The molecule has 204 valence electrons. The Balaban J connectivity index is 1.13. The Kier molecular flexibility index (Phi) is 7.47. The Hall–Kier alpha value is -3.85. The van der Waals surface area contributed by atoms with Gasteiger partial charge in [-0.15, -0.1) is 0 Å². The fraction of sp³-hybridized carbons (Fsp3) is 0.233. The van der Waals surface area contributed by atoms with Gasteiger partial charge >= 0.3 is 0 Å². The molecule has 8 nitrogen and oxygen atoms in total. The lowest BCUT2D eigenvalue weighted by molar-refractivity contribution is 0.102. The Morgan fingerprint density at radius 2 is 1.77 bits per heavy atom. The first-order chi connectivity index (χ1) is 19.4. The molecule has 0 saturated carbocycles. The van der Waals surface area contributed by atoms with E-state index in [1.165, 1.54) is 0 Å². The van der Waals surface area contributed by atoms with Gasteiger partial charge in [0.1, 0.15) is 0 Å². The van der Waals surface area contributed by atoms with Crippen LogP contribution in [0.2, 0.25) is 10.0 Å². The number of carbonyl (C=O) groups is 1. The van der Waals surface area contributed by atoms with Crippen LogP contribution < -0.4 is 10.6 Å². The standard InChI is InChI=1S/C30H29Cl2N7O/c1-38-13-11-22(12-14-38)34-21-8-5-19(6-9-21)30(40)35-29-16-27(36-37-29)20-7-10-26-28(15-20)39(18-33-26)17-23-24(31)3-2-4-25(23)32/h2-10,15-16,18,22,34H,11-14,17H2,1H3,(H2,35,36,37,40). The highest BCUT2D eigenvalue weighted by Crippen LogP contribution is 2.29. The number of fused-ring (bicyclic) bond motifs is 1. The van der Waals surface area contributed by atoms with E-state index in [0.717, 1.165) is 59.5 Å². The molecule has 0 bridgehead atoms. The summed E-state index contributed by atoms with van der Waals surface area (Å²) in [6.45, 7) is 2.69. The number of piperidine rings is 1. The summed E-state index contributed by atoms with van der Waals surface area (Å²) >= 11 is 12.8. The molecule has 10 heteroatoms. The van der Waals surface area contributed by atoms with Crippen molar-refractivity contribution >= 4 is 51.6 Å². The average molecular weight is 575 g/mol. The molecule has 6 rings (SSSR count). The summed E-state index contributed by atoms with van der Waals surface area (Å²) in [5.74, 6) is 0.235. The van der Waals surface area contributed by atoms with Crippen molar-refractivity contribution in [2.45, 2.75) is 25.4 Å². The Morgan fingerprint density at radius 3 is 2.52 bits per heavy atom. The van der Waals surface area contributed by atoms with Crippen LogP contribution in [-0.2, 0) is 6.54 Å². The van der Waals surface area contributed by atoms with Crippen LogP contribution in [0.5, 0.6) is 0 Å². The average Bonchev–Trinajstić information content (AvgIpc) is 3.59. The number of benzene rings is 3. The molecule has 1 saturated heterocycles. The second-order valence-corrected chi connectivity index (χ2v) is 11.0. The lowest BCUT2D eigenvalue weighted by Crippen LogP contribution is -2.36. The van der Waals surface area contributed by atoms with Gasteiger partial charge in [0.2, 0.25) is 0 Å². The van der Waals surface area contributed by atoms with Gasteiger partial charge in [-0.25, -0.2) is 4.98 Å². The molecule has 0 unspecified atom stereocenters. The minimum absolute atomic E-state index is 0.214. The van der Waals surface area contributed by atoms with Crippen LogP contribution in [0, 0.1) is 0 Å². The van der Waals surface area contributed by atoms with Crippen molar-refractivity contribution in [1.29, 1.82) is 0 Å². The summed E-state index contributed by atoms with van der Waals surface area (Å²) < 4.78 is 2.01. The Labute approximate surface area is 242 Å². The summed E-state index contributed by atoms with van der Waals surface area (Å²) in [6, 6.07) is 21.3. The van der Waals surface area contributed by atoms with E-state index >= 15 is 0 Å². The molecule has 1 amide bonds. The van der Waals surface area contributed by atoms with E-state index in [9.17, 15) is 4.79 Å². The van der Waals surface area contributed by atoms with Crippen molar-refractivity contribution in [3.05, 3.63) is 94.2 Å². The maximum atomic E-state index is 12.9. The number of aromatic amines is 1.